The zero-order valence-electron chi connectivity index (χ0n) is 8.62. The fourth-order valence-corrected chi connectivity index (χ4v) is 3.20. The molecule has 2 aliphatic carbocycles. The van der Waals surface area contributed by atoms with Gasteiger partial charge in [0.1, 0.15) is 5.75 Å². The third kappa shape index (κ3) is 1.08. The Kier molecular flexibility index (Phi) is 1.79. The third-order valence-corrected chi connectivity index (χ3v) is 3.89. The molecular formula is C13H16O. The summed E-state index contributed by atoms with van der Waals surface area (Å²) >= 11 is 0. The minimum Gasteiger partial charge on any atom is -0.497 e. The summed E-state index contributed by atoms with van der Waals surface area (Å²) in [6, 6.07) is 6.61. The number of benzene rings is 1. The second kappa shape index (κ2) is 3.01. The van der Waals surface area contributed by atoms with Gasteiger partial charge in [0.25, 0.3) is 0 Å². The van der Waals surface area contributed by atoms with Crippen molar-refractivity contribution < 1.29 is 4.74 Å². The van der Waals surface area contributed by atoms with Crippen molar-refractivity contribution in [3.05, 3.63) is 29.3 Å². The van der Waals surface area contributed by atoms with Gasteiger partial charge in [0, 0.05) is 0 Å². The number of hydrogen-bond acceptors (Lipinski definition) is 1. The van der Waals surface area contributed by atoms with Crippen molar-refractivity contribution in [2.45, 2.75) is 31.6 Å². The summed E-state index contributed by atoms with van der Waals surface area (Å²) in [4.78, 5) is 0. The molecule has 0 spiro atoms. The van der Waals surface area contributed by atoms with Gasteiger partial charge in [-0.05, 0) is 54.4 Å². The molecule has 2 aliphatic rings. The highest BCUT2D eigenvalue weighted by atomic mass is 16.5. The Labute approximate surface area is 85.1 Å². The molecule has 3 rings (SSSR count). The van der Waals surface area contributed by atoms with Gasteiger partial charge in [-0.1, -0.05) is 12.5 Å². The van der Waals surface area contributed by atoms with Gasteiger partial charge in [0.2, 0.25) is 0 Å². The Hall–Kier alpha value is -0.980. The highest BCUT2D eigenvalue weighted by Gasteiger charge is 2.35. The predicted molar refractivity (Wildman–Crippen MR) is 56.8 cm³/mol. The lowest BCUT2D eigenvalue weighted by Gasteiger charge is -2.10. The van der Waals surface area contributed by atoms with E-state index < -0.39 is 0 Å². The maximum atomic E-state index is 5.29. The molecule has 1 nitrogen and oxygen atoms in total. The van der Waals surface area contributed by atoms with Crippen molar-refractivity contribution in [3.63, 3.8) is 0 Å². The van der Waals surface area contributed by atoms with Gasteiger partial charge in [0.15, 0.2) is 0 Å². The average Bonchev–Trinajstić information content (AvgIpc) is 2.76. The first kappa shape index (κ1) is 8.34. The first-order valence-electron chi connectivity index (χ1n) is 5.55. The number of fused-ring (bicyclic) bond motifs is 3. The van der Waals surface area contributed by atoms with Gasteiger partial charge in [-0.3, -0.25) is 0 Å². The van der Waals surface area contributed by atoms with Gasteiger partial charge in [-0.15, -0.1) is 0 Å². The second-order valence-electron chi connectivity index (χ2n) is 4.57. The molecule has 0 radical (unpaired) electrons. The Morgan fingerprint density at radius 3 is 3.07 bits per heavy atom. The van der Waals surface area contributed by atoms with E-state index in [0.29, 0.717) is 0 Å². The zero-order chi connectivity index (χ0) is 9.54. The molecule has 0 bridgehead atoms. The van der Waals surface area contributed by atoms with E-state index in [-0.39, 0.29) is 0 Å². The summed E-state index contributed by atoms with van der Waals surface area (Å²) in [5.41, 5.74) is 3.15. The lowest BCUT2D eigenvalue weighted by molar-refractivity contribution is 0.413. The normalized spacial score (nSPS) is 28.6. The molecule has 0 N–H and O–H groups in total. The first-order chi connectivity index (χ1) is 6.88. The molecule has 0 aromatic heterocycles. The van der Waals surface area contributed by atoms with Crippen LogP contribution < -0.4 is 4.74 Å². The van der Waals surface area contributed by atoms with Crippen LogP contribution in [0.4, 0.5) is 0 Å². The van der Waals surface area contributed by atoms with Crippen molar-refractivity contribution in [3.8, 4) is 5.75 Å². The molecule has 0 aliphatic heterocycles. The molecule has 1 heteroatoms. The predicted octanol–water partition coefficient (Wildman–Crippen LogP) is 3.14. The summed E-state index contributed by atoms with van der Waals surface area (Å²) in [6.07, 6.45) is 5.56. The minimum atomic E-state index is 0.847. The topological polar surface area (TPSA) is 9.23 Å². The highest BCUT2D eigenvalue weighted by molar-refractivity contribution is 5.42. The van der Waals surface area contributed by atoms with Gasteiger partial charge in [-0.2, -0.15) is 0 Å². The fraction of sp³-hybridized carbons (Fsp3) is 0.538. The van der Waals surface area contributed by atoms with Crippen LogP contribution in [0.3, 0.4) is 0 Å². The van der Waals surface area contributed by atoms with Gasteiger partial charge < -0.3 is 4.74 Å². The standard InChI is InChI=1S/C13H16O/c1-14-11-6-5-10-7-9-3-2-4-12(9)13(10)8-11/h5-6,8-9,12H,2-4,7H2,1H3/t9-,12-/m0/s1. The lowest BCUT2D eigenvalue weighted by atomic mass is 9.96. The third-order valence-electron chi connectivity index (χ3n) is 3.89. The highest BCUT2D eigenvalue weighted by Crippen LogP contribution is 2.48. The number of rotatable bonds is 1. The van der Waals surface area contributed by atoms with Crippen molar-refractivity contribution >= 4 is 0 Å². The first-order valence-corrected chi connectivity index (χ1v) is 5.55. The van der Waals surface area contributed by atoms with Crippen molar-refractivity contribution in [2.24, 2.45) is 5.92 Å². The molecule has 0 amide bonds. The zero-order valence-corrected chi connectivity index (χ0v) is 8.62. The fourth-order valence-electron chi connectivity index (χ4n) is 3.20. The van der Waals surface area contributed by atoms with Crippen LogP contribution in [0.15, 0.2) is 18.2 Å². The molecule has 2 atom stereocenters. The average molecular weight is 188 g/mol. The molecule has 0 heterocycles. The maximum absolute atomic E-state index is 5.29. The van der Waals surface area contributed by atoms with E-state index in [4.69, 9.17) is 4.74 Å². The van der Waals surface area contributed by atoms with Gasteiger partial charge >= 0.3 is 0 Å². The van der Waals surface area contributed by atoms with Gasteiger partial charge in [0.05, 0.1) is 7.11 Å². The molecule has 14 heavy (non-hydrogen) atoms. The van der Waals surface area contributed by atoms with Crippen LogP contribution in [0, 0.1) is 5.92 Å². The van der Waals surface area contributed by atoms with Crippen LogP contribution in [0.2, 0.25) is 0 Å². The Balaban J connectivity index is 2.03. The summed E-state index contributed by atoms with van der Waals surface area (Å²) in [5, 5.41) is 0. The minimum absolute atomic E-state index is 0.847. The van der Waals surface area contributed by atoms with E-state index in [9.17, 15) is 0 Å². The van der Waals surface area contributed by atoms with Crippen LogP contribution in [0.1, 0.15) is 36.3 Å². The Morgan fingerprint density at radius 1 is 1.29 bits per heavy atom. The Morgan fingerprint density at radius 2 is 2.21 bits per heavy atom. The van der Waals surface area contributed by atoms with E-state index >= 15 is 0 Å². The lowest BCUT2D eigenvalue weighted by Crippen LogP contribution is -1.97. The van der Waals surface area contributed by atoms with Crippen molar-refractivity contribution in [1.82, 2.24) is 0 Å². The number of ether oxygens (including phenoxy) is 1. The summed E-state index contributed by atoms with van der Waals surface area (Å²) in [7, 11) is 1.75. The molecule has 1 fully saturated rings. The Bertz CT molecular complexity index is 356. The van der Waals surface area contributed by atoms with Gasteiger partial charge in [-0.25, -0.2) is 0 Å². The van der Waals surface area contributed by atoms with Crippen molar-refractivity contribution in [2.75, 3.05) is 7.11 Å². The molecule has 0 unspecified atom stereocenters. The van der Waals surface area contributed by atoms with E-state index in [1.807, 2.05) is 0 Å². The smallest absolute Gasteiger partial charge is 0.119 e. The molecule has 1 saturated carbocycles. The van der Waals surface area contributed by atoms with Crippen LogP contribution >= 0.6 is 0 Å². The molecule has 0 saturated heterocycles. The van der Waals surface area contributed by atoms with E-state index in [2.05, 4.69) is 18.2 Å². The number of methoxy groups -OCH3 is 1. The molecule has 1 aromatic carbocycles. The molecule has 74 valence electrons. The quantitative estimate of drug-likeness (QED) is 0.658. The monoisotopic (exact) mass is 188 g/mol. The summed E-state index contributed by atoms with van der Waals surface area (Å²) in [5.74, 6) is 2.81. The van der Waals surface area contributed by atoms with E-state index in [1.54, 1.807) is 18.2 Å². The van der Waals surface area contributed by atoms with Crippen LogP contribution in [0.5, 0.6) is 5.75 Å². The number of hydrogen-bond donors (Lipinski definition) is 0. The molecule has 1 aromatic rings. The molecular weight excluding hydrogens is 172 g/mol. The SMILES string of the molecule is COc1ccc2c(c1)[C@H]1CCC[C@H]1C2. The summed E-state index contributed by atoms with van der Waals surface area (Å²) in [6.45, 7) is 0. The second-order valence-corrected chi connectivity index (χ2v) is 4.57. The largest absolute Gasteiger partial charge is 0.497 e. The van der Waals surface area contributed by atoms with E-state index in [0.717, 1.165) is 17.6 Å². The van der Waals surface area contributed by atoms with Crippen molar-refractivity contribution in [1.29, 1.82) is 0 Å². The van der Waals surface area contributed by atoms with E-state index in [1.165, 1.54) is 25.7 Å². The van der Waals surface area contributed by atoms with Crippen LogP contribution in [-0.2, 0) is 6.42 Å². The van der Waals surface area contributed by atoms with Crippen LogP contribution in [0.25, 0.3) is 0 Å². The summed E-state index contributed by atoms with van der Waals surface area (Å²) < 4.78 is 5.29. The maximum Gasteiger partial charge on any atom is 0.119 e. The van der Waals surface area contributed by atoms with Crippen LogP contribution in [-0.4, -0.2) is 7.11 Å².